The molecule has 0 aromatic rings. The van der Waals surface area contributed by atoms with Gasteiger partial charge in [-0.2, -0.15) is 0 Å². The zero-order valence-corrected chi connectivity index (χ0v) is 11.5. The molecule has 0 aromatic carbocycles. The van der Waals surface area contributed by atoms with Gasteiger partial charge >= 0.3 is 0 Å². The fourth-order valence-corrected chi connectivity index (χ4v) is 3.50. The Balaban J connectivity index is 2.73. The normalized spacial score (nSPS) is 39.2. The van der Waals surface area contributed by atoms with Crippen LogP contribution in [0.2, 0.25) is 0 Å². The summed E-state index contributed by atoms with van der Waals surface area (Å²) in [4.78, 5) is 2.55. The first-order valence-corrected chi connectivity index (χ1v) is 6.50. The Morgan fingerprint density at radius 3 is 2.20 bits per heavy atom. The van der Waals surface area contributed by atoms with E-state index >= 15 is 0 Å². The van der Waals surface area contributed by atoms with Crippen LogP contribution in [0.25, 0.3) is 0 Å². The standard InChI is InChI=1S/C14H29N/c1-11-7-12(2)10-15(6)13(3)9-14(4,5)8-11/h11-13H,7-10H2,1-6H3. The number of hydrogen-bond donors (Lipinski definition) is 0. The summed E-state index contributed by atoms with van der Waals surface area (Å²) in [7, 11) is 2.28. The molecule has 3 atom stereocenters. The van der Waals surface area contributed by atoms with Gasteiger partial charge in [-0.3, -0.25) is 0 Å². The van der Waals surface area contributed by atoms with Crippen LogP contribution in [0.1, 0.15) is 53.9 Å². The molecular formula is C14H29N. The van der Waals surface area contributed by atoms with Crippen molar-refractivity contribution >= 4 is 0 Å². The predicted octanol–water partition coefficient (Wildman–Crippen LogP) is 3.79. The van der Waals surface area contributed by atoms with Gasteiger partial charge in [0, 0.05) is 12.6 Å². The molecular weight excluding hydrogens is 182 g/mol. The fourth-order valence-electron chi connectivity index (χ4n) is 3.50. The van der Waals surface area contributed by atoms with Crippen LogP contribution in [0, 0.1) is 17.3 Å². The monoisotopic (exact) mass is 211 g/mol. The van der Waals surface area contributed by atoms with Crippen LogP contribution in [0.4, 0.5) is 0 Å². The quantitative estimate of drug-likeness (QED) is 0.589. The van der Waals surface area contributed by atoms with Crippen LogP contribution in [-0.4, -0.2) is 24.5 Å². The van der Waals surface area contributed by atoms with Crippen molar-refractivity contribution in [2.24, 2.45) is 17.3 Å². The van der Waals surface area contributed by atoms with Crippen molar-refractivity contribution in [3.05, 3.63) is 0 Å². The largest absolute Gasteiger partial charge is 0.303 e. The van der Waals surface area contributed by atoms with Gasteiger partial charge in [0.1, 0.15) is 0 Å². The summed E-state index contributed by atoms with van der Waals surface area (Å²) in [6.07, 6.45) is 4.11. The van der Waals surface area contributed by atoms with E-state index in [2.05, 4.69) is 46.6 Å². The third-order valence-electron chi connectivity index (χ3n) is 3.91. The molecule has 0 aromatic heterocycles. The highest BCUT2D eigenvalue weighted by atomic mass is 15.1. The van der Waals surface area contributed by atoms with E-state index in [9.17, 15) is 0 Å². The van der Waals surface area contributed by atoms with E-state index in [4.69, 9.17) is 0 Å². The van der Waals surface area contributed by atoms with E-state index in [1.807, 2.05) is 0 Å². The smallest absolute Gasteiger partial charge is 0.00690 e. The average molecular weight is 211 g/mol. The maximum absolute atomic E-state index is 2.55. The Hall–Kier alpha value is -0.0400. The molecule has 0 N–H and O–H groups in total. The second kappa shape index (κ2) is 4.86. The molecule has 1 heterocycles. The van der Waals surface area contributed by atoms with Gasteiger partial charge in [0.15, 0.2) is 0 Å². The van der Waals surface area contributed by atoms with Gasteiger partial charge in [-0.05, 0) is 50.5 Å². The zero-order valence-electron chi connectivity index (χ0n) is 11.5. The van der Waals surface area contributed by atoms with Crippen LogP contribution in [0.15, 0.2) is 0 Å². The van der Waals surface area contributed by atoms with Gasteiger partial charge in [0.05, 0.1) is 0 Å². The van der Waals surface area contributed by atoms with Crippen LogP contribution in [0.5, 0.6) is 0 Å². The lowest BCUT2D eigenvalue weighted by atomic mass is 9.77. The molecule has 1 aliphatic rings. The molecule has 1 aliphatic heterocycles. The van der Waals surface area contributed by atoms with Gasteiger partial charge in [0.25, 0.3) is 0 Å². The van der Waals surface area contributed by atoms with Crippen molar-refractivity contribution in [3.63, 3.8) is 0 Å². The van der Waals surface area contributed by atoms with Crippen molar-refractivity contribution in [2.75, 3.05) is 13.6 Å². The van der Waals surface area contributed by atoms with E-state index in [0.29, 0.717) is 5.41 Å². The lowest BCUT2D eigenvalue weighted by molar-refractivity contribution is 0.171. The van der Waals surface area contributed by atoms with E-state index in [-0.39, 0.29) is 0 Å². The summed E-state index contributed by atoms with van der Waals surface area (Å²) in [5.74, 6) is 1.73. The maximum Gasteiger partial charge on any atom is 0.00690 e. The molecule has 0 bridgehead atoms. The SMILES string of the molecule is CC1CC(C)CC(C)(C)CC(C)N(C)C1. The molecule has 0 saturated carbocycles. The van der Waals surface area contributed by atoms with Crippen LogP contribution < -0.4 is 0 Å². The first-order chi connectivity index (χ1) is 6.80. The summed E-state index contributed by atoms with van der Waals surface area (Å²) in [6, 6.07) is 0.729. The van der Waals surface area contributed by atoms with E-state index < -0.39 is 0 Å². The minimum Gasteiger partial charge on any atom is -0.303 e. The first kappa shape index (κ1) is 13.0. The third-order valence-corrected chi connectivity index (χ3v) is 3.91. The molecule has 1 nitrogen and oxygen atoms in total. The molecule has 15 heavy (non-hydrogen) atoms. The second-order valence-corrected chi connectivity index (χ2v) is 6.81. The molecule has 1 fully saturated rings. The van der Waals surface area contributed by atoms with Crippen LogP contribution in [-0.2, 0) is 0 Å². The van der Waals surface area contributed by atoms with Crippen molar-refractivity contribution in [2.45, 2.75) is 59.9 Å². The van der Waals surface area contributed by atoms with Gasteiger partial charge in [-0.15, -0.1) is 0 Å². The lowest BCUT2D eigenvalue weighted by Crippen LogP contribution is -2.35. The third kappa shape index (κ3) is 4.14. The first-order valence-electron chi connectivity index (χ1n) is 6.50. The Labute approximate surface area is 96.2 Å². The highest BCUT2D eigenvalue weighted by molar-refractivity contribution is 4.81. The Morgan fingerprint density at radius 1 is 1.00 bits per heavy atom. The summed E-state index contributed by atoms with van der Waals surface area (Å²) in [5, 5.41) is 0. The van der Waals surface area contributed by atoms with Gasteiger partial charge < -0.3 is 4.90 Å². The minimum absolute atomic E-state index is 0.511. The molecule has 0 amide bonds. The molecule has 90 valence electrons. The molecule has 1 heteroatoms. The molecule has 1 rings (SSSR count). The number of rotatable bonds is 0. The highest BCUT2D eigenvalue weighted by Gasteiger charge is 2.28. The zero-order chi connectivity index (χ0) is 11.6. The molecule has 0 radical (unpaired) electrons. The van der Waals surface area contributed by atoms with Crippen molar-refractivity contribution in [3.8, 4) is 0 Å². The summed E-state index contributed by atoms with van der Waals surface area (Å²) < 4.78 is 0. The van der Waals surface area contributed by atoms with Crippen molar-refractivity contribution in [1.82, 2.24) is 4.90 Å². The highest BCUT2D eigenvalue weighted by Crippen LogP contribution is 2.35. The molecule has 1 saturated heterocycles. The van der Waals surface area contributed by atoms with Crippen molar-refractivity contribution < 1.29 is 0 Å². The predicted molar refractivity (Wildman–Crippen MR) is 68.1 cm³/mol. The van der Waals surface area contributed by atoms with Crippen molar-refractivity contribution in [1.29, 1.82) is 0 Å². The second-order valence-electron chi connectivity index (χ2n) is 6.81. The molecule has 0 spiro atoms. The molecule has 3 unspecified atom stereocenters. The minimum atomic E-state index is 0.511. The van der Waals surface area contributed by atoms with Gasteiger partial charge in [0.2, 0.25) is 0 Å². The summed E-state index contributed by atoms with van der Waals surface area (Å²) in [6.45, 7) is 13.3. The summed E-state index contributed by atoms with van der Waals surface area (Å²) in [5.41, 5.74) is 0.511. The fraction of sp³-hybridized carbons (Fsp3) is 1.00. The summed E-state index contributed by atoms with van der Waals surface area (Å²) >= 11 is 0. The van der Waals surface area contributed by atoms with Crippen LogP contribution in [0.3, 0.4) is 0 Å². The van der Waals surface area contributed by atoms with E-state index in [0.717, 1.165) is 17.9 Å². The van der Waals surface area contributed by atoms with Gasteiger partial charge in [-0.25, -0.2) is 0 Å². The van der Waals surface area contributed by atoms with E-state index in [1.165, 1.54) is 25.8 Å². The van der Waals surface area contributed by atoms with E-state index in [1.54, 1.807) is 0 Å². The number of nitrogens with zero attached hydrogens (tertiary/aromatic N) is 1. The number of hydrogen-bond acceptors (Lipinski definition) is 1. The molecule has 0 aliphatic carbocycles. The van der Waals surface area contributed by atoms with Gasteiger partial charge in [-0.1, -0.05) is 27.7 Å². The Kier molecular flexibility index (Phi) is 4.22. The lowest BCUT2D eigenvalue weighted by Gasteiger charge is -2.32. The Morgan fingerprint density at radius 2 is 1.60 bits per heavy atom. The Bertz CT molecular complexity index is 198. The maximum atomic E-state index is 2.55. The van der Waals surface area contributed by atoms with Crippen LogP contribution >= 0.6 is 0 Å². The average Bonchev–Trinajstić information content (AvgIpc) is 2.01. The topological polar surface area (TPSA) is 3.24 Å².